The quantitative estimate of drug-likeness (QED) is 0.657. The predicted octanol–water partition coefficient (Wildman–Crippen LogP) is 4.44. The average molecular weight is 407 g/mol. The maximum absolute atomic E-state index is 12.2. The van der Waals surface area contributed by atoms with Gasteiger partial charge in [0, 0.05) is 23.2 Å². The number of amides is 1. The highest BCUT2D eigenvalue weighted by molar-refractivity contribution is 8.00. The summed E-state index contributed by atoms with van der Waals surface area (Å²) in [6, 6.07) is 6.21. The first-order chi connectivity index (χ1) is 13.2. The second kappa shape index (κ2) is 9.99. The maximum Gasteiger partial charge on any atom is 0.226 e. The van der Waals surface area contributed by atoms with Gasteiger partial charge in [0.1, 0.15) is 15.8 Å². The molecule has 1 aromatic carbocycles. The summed E-state index contributed by atoms with van der Waals surface area (Å²) in [7, 11) is 3.30. The number of carbonyl (C=O) groups is 1. The van der Waals surface area contributed by atoms with E-state index in [9.17, 15) is 4.79 Å². The molecule has 0 atom stereocenters. The fourth-order valence-electron chi connectivity index (χ4n) is 3.22. The molecule has 1 saturated carbocycles. The molecule has 7 heteroatoms. The molecule has 5 nitrogen and oxygen atoms in total. The van der Waals surface area contributed by atoms with Gasteiger partial charge in [0.2, 0.25) is 5.91 Å². The third-order valence-corrected chi connectivity index (χ3v) is 6.76. The lowest BCUT2D eigenvalue weighted by Gasteiger charge is -2.22. The van der Waals surface area contributed by atoms with Crippen molar-refractivity contribution in [3.05, 3.63) is 34.8 Å². The van der Waals surface area contributed by atoms with E-state index in [1.807, 2.05) is 23.6 Å². The third-order valence-electron chi connectivity index (χ3n) is 4.62. The van der Waals surface area contributed by atoms with E-state index in [4.69, 9.17) is 9.47 Å². The summed E-state index contributed by atoms with van der Waals surface area (Å²) < 4.78 is 11.6. The summed E-state index contributed by atoms with van der Waals surface area (Å²) in [6.07, 6.45) is 6.30. The standard InChI is InChI=1S/C20H26N2O3S2/c1-24-17-8-14(9-18(11-17)25-2)12-26-20-22-16(13-27-20)10-19(23)21-15-6-4-3-5-7-15/h8-9,11,13,15H,3-7,10,12H2,1-2H3,(H,21,23). The number of benzene rings is 1. The Balaban J connectivity index is 1.51. The van der Waals surface area contributed by atoms with Gasteiger partial charge in [0.05, 0.1) is 26.3 Å². The van der Waals surface area contributed by atoms with E-state index in [0.29, 0.717) is 12.5 Å². The summed E-state index contributed by atoms with van der Waals surface area (Å²) in [4.78, 5) is 16.8. The van der Waals surface area contributed by atoms with Crippen LogP contribution in [0.4, 0.5) is 0 Å². The van der Waals surface area contributed by atoms with Crippen LogP contribution in [0.15, 0.2) is 27.9 Å². The van der Waals surface area contributed by atoms with Crippen LogP contribution in [0.1, 0.15) is 43.4 Å². The van der Waals surface area contributed by atoms with Gasteiger partial charge >= 0.3 is 0 Å². The number of hydrogen-bond donors (Lipinski definition) is 1. The van der Waals surface area contributed by atoms with Crippen molar-refractivity contribution in [3.8, 4) is 11.5 Å². The summed E-state index contributed by atoms with van der Waals surface area (Å²) in [5.41, 5.74) is 1.96. The topological polar surface area (TPSA) is 60.5 Å². The SMILES string of the molecule is COc1cc(CSc2nc(CC(=O)NC3CCCCC3)cs2)cc(OC)c1. The van der Waals surface area contributed by atoms with E-state index >= 15 is 0 Å². The zero-order valence-electron chi connectivity index (χ0n) is 15.8. The van der Waals surface area contributed by atoms with E-state index in [2.05, 4.69) is 10.3 Å². The molecule has 0 unspecified atom stereocenters. The Labute approximate surface area is 168 Å². The highest BCUT2D eigenvalue weighted by atomic mass is 32.2. The predicted molar refractivity (Wildman–Crippen MR) is 110 cm³/mol. The summed E-state index contributed by atoms with van der Waals surface area (Å²) in [6.45, 7) is 0. The molecule has 27 heavy (non-hydrogen) atoms. The van der Waals surface area contributed by atoms with E-state index in [-0.39, 0.29) is 5.91 Å². The van der Waals surface area contributed by atoms with Gasteiger partial charge < -0.3 is 14.8 Å². The van der Waals surface area contributed by atoms with Gasteiger partial charge in [0.25, 0.3) is 0 Å². The van der Waals surface area contributed by atoms with Crippen LogP contribution in [0.25, 0.3) is 0 Å². The molecule has 0 spiro atoms. The molecule has 1 aromatic heterocycles. The molecule has 0 aliphatic heterocycles. The minimum Gasteiger partial charge on any atom is -0.497 e. The van der Waals surface area contributed by atoms with Gasteiger partial charge in [-0.25, -0.2) is 4.98 Å². The lowest BCUT2D eigenvalue weighted by Crippen LogP contribution is -2.37. The van der Waals surface area contributed by atoms with Gasteiger partial charge in [-0.1, -0.05) is 31.0 Å². The Bertz CT molecular complexity index is 735. The number of ether oxygens (including phenoxy) is 2. The van der Waals surface area contributed by atoms with E-state index in [0.717, 1.165) is 45.7 Å². The highest BCUT2D eigenvalue weighted by Gasteiger charge is 2.16. The summed E-state index contributed by atoms with van der Waals surface area (Å²) in [5, 5.41) is 5.13. The highest BCUT2D eigenvalue weighted by Crippen LogP contribution is 2.30. The molecule has 0 bridgehead atoms. The summed E-state index contributed by atoms with van der Waals surface area (Å²) >= 11 is 3.25. The molecule has 0 saturated heterocycles. The largest absolute Gasteiger partial charge is 0.497 e. The molecular formula is C20H26N2O3S2. The first-order valence-corrected chi connectivity index (χ1v) is 11.1. The second-order valence-corrected chi connectivity index (χ2v) is 8.77. The van der Waals surface area contributed by atoms with Crippen LogP contribution in [0.3, 0.4) is 0 Å². The van der Waals surface area contributed by atoms with Crippen LogP contribution in [0, 0.1) is 0 Å². The van der Waals surface area contributed by atoms with E-state index in [1.54, 1.807) is 37.3 Å². The Morgan fingerprint density at radius 3 is 2.56 bits per heavy atom. The fraction of sp³-hybridized carbons (Fsp3) is 0.500. The lowest BCUT2D eigenvalue weighted by atomic mass is 9.95. The smallest absolute Gasteiger partial charge is 0.226 e. The van der Waals surface area contributed by atoms with Gasteiger partial charge in [0.15, 0.2) is 0 Å². The van der Waals surface area contributed by atoms with Crippen molar-refractivity contribution in [1.29, 1.82) is 0 Å². The van der Waals surface area contributed by atoms with Crippen molar-refractivity contribution >= 4 is 29.0 Å². The maximum atomic E-state index is 12.2. The Hall–Kier alpha value is -1.73. The molecule has 1 fully saturated rings. The number of aromatic nitrogens is 1. The van der Waals surface area contributed by atoms with Crippen molar-refractivity contribution in [3.63, 3.8) is 0 Å². The van der Waals surface area contributed by atoms with Crippen molar-refractivity contribution in [2.75, 3.05) is 14.2 Å². The zero-order chi connectivity index (χ0) is 19.1. The second-order valence-electron chi connectivity index (χ2n) is 6.69. The first-order valence-electron chi connectivity index (χ1n) is 9.25. The molecule has 146 valence electrons. The first kappa shape index (κ1) is 20.0. The van der Waals surface area contributed by atoms with Gasteiger partial charge in [-0.2, -0.15) is 0 Å². The van der Waals surface area contributed by atoms with Crippen LogP contribution >= 0.6 is 23.1 Å². The molecular weight excluding hydrogens is 380 g/mol. The molecule has 1 amide bonds. The molecule has 3 rings (SSSR count). The van der Waals surface area contributed by atoms with Crippen molar-refractivity contribution in [2.45, 2.75) is 54.7 Å². The van der Waals surface area contributed by atoms with Crippen LogP contribution in [-0.4, -0.2) is 31.2 Å². The Morgan fingerprint density at radius 1 is 1.19 bits per heavy atom. The number of carbonyl (C=O) groups excluding carboxylic acids is 1. The van der Waals surface area contributed by atoms with Gasteiger partial charge in [-0.15, -0.1) is 11.3 Å². The third kappa shape index (κ3) is 6.14. The van der Waals surface area contributed by atoms with Crippen LogP contribution in [0.2, 0.25) is 0 Å². The monoisotopic (exact) mass is 406 g/mol. The molecule has 1 aliphatic rings. The molecule has 2 aromatic rings. The number of nitrogens with one attached hydrogen (secondary N) is 1. The number of thiazole rings is 1. The van der Waals surface area contributed by atoms with Crippen molar-refractivity contribution in [2.24, 2.45) is 0 Å². The zero-order valence-corrected chi connectivity index (χ0v) is 17.5. The fourth-order valence-corrected chi connectivity index (χ4v) is 5.00. The van der Waals surface area contributed by atoms with Crippen LogP contribution in [-0.2, 0) is 17.0 Å². The van der Waals surface area contributed by atoms with Crippen LogP contribution in [0.5, 0.6) is 11.5 Å². The average Bonchev–Trinajstić information content (AvgIpc) is 3.14. The summed E-state index contributed by atoms with van der Waals surface area (Å²) in [5.74, 6) is 2.42. The number of hydrogen-bond acceptors (Lipinski definition) is 6. The Morgan fingerprint density at radius 2 is 1.89 bits per heavy atom. The van der Waals surface area contributed by atoms with Gasteiger partial charge in [-0.05, 0) is 30.5 Å². The molecule has 0 radical (unpaired) electrons. The van der Waals surface area contributed by atoms with Crippen molar-refractivity contribution < 1.29 is 14.3 Å². The number of nitrogens with zero attached hydrogens (tertiary/aromatic N) is 1. The Kier molecular flexibility index (Phi) is 7.41. The molecule has 1 N–H and O–H groups in total. The normalized spacial score (nSPS) is 14.7. The van der Waals surface area contributed by atoms with E-state index < -0.39 is 0 Å². The minimum absolute atomic E-state index is 0.0845. The van der Waals surface area contributed by atoms with Crippen LogP contribution < -0.4 is 14.8 Å². The number of rotatable bonds is 8. The van der Waals surface area contributed by atoms with Crippen molar-refractivity contribution in [1.82, 2.24) is 10.3 Å². The molecule has 1 aliphatic carbocycles. The number of methoxy groups -OCH3 is 2. The minimum atomic E-state index is 0.0845. The van der Waals surface area contributed by atoms with Gasteiger partial charge in [-0.3, -0.25) is 4.79 Å². The number of thioether (sulfide) groups is 1. The molecule has 1 heterocycles. The van der Waals surface area contributed by atoms with E-state index in [1.165, 1.54) is 19.3 Å². The lowest BCUT2D eigenvalue weighted by molar-refractivity contribution is -0.121.